The van der Waals surface area contributed by atoms with E-state index >= 15 is 0 Å². The second-order valence-corrected chi connectivity index (χ2v) is 7.14. The highest BCUT2D eigenvalue weighted by molar-refractivity contribution is 7.89. The topological polar surface area (TPSA) is 74.4 Å². The summed E-state index contributed by atoms with van der Waals surface area (Å²) in [5.74, 6) is 0. The van der Waals surface area contributed by atoms with Crippen molar-refractivity contribution in [3.63, 3.8) is 0 Å². The molecule has 1 aliphatic heterocycles. The molecular weight excluding hydrogens is 290 g/mol. The van der Waals surface area contributed by atoms with Gasteiger partial charge >= 0.3 is 0 Å². The number of nitrogens with zero attached hydrogens (tertiary/aromatic N) is 1. The number of rotatable bonds is 7. The third-order valence-corrected chi connectivity index (χ3v) is 5.60. The molecule has 2 rings (SSSR count). The van der Waals surface area contributed by atoms with Gasteiger partial charge in [-0.25, -0.2) is 8.42 Å². The van der Waals surface area contributed by atoms with Crippen LogP contribution >= 0.6 is 0 Å². The SMILES string of the molecule is CCNCc1cc(S(=O)(=O)N2CCC(OCC)CC2)c[nH]1. The van der Waals surface area contributed by atoms with Crippen molar-refractivity contribution in [3.8, 4) is 0 Å². The smallest absolute Gasteiger partial charge is 0.244 e. The van der Waals surface area contributed by atoms with Crippen LogP contribution in [-0.4, -0.2) is 50.1 Å². The van der Waals surface area contributed by atoms with Gasteiger partial charge < -0.3 is 15.0 Å². The Morgan fingerprint density at radius 3 is 2.71 bits per heavy atom. The first kappa shape index (κ1) is 16.5. The van der Waals surface area contributed by atoms with Gasteiger partial charge in [0, 0.05) is 38.1 Å². The van der Waals surface area contributed by atoms with Crippen LogP contribution in [0, 0.1) is 0 Å². The Labute approximate surface area is 126 Å². The quantitative estimate of drug-likeness (QED) is 0.796. The van der Waals surface area contributed by atoms with E-state index in [1.807, 2.05) is 13.8 Å². The lowest BCUT2D eigenvalue weighted by Gasteiger charge is -2.30. The van der Waals surface area contributed by atoms with Crippen LogP contribution in [0.5, 0.6) is 0 Å². The van der Waals surface area contributed by atoms with Crippen molar-refractivity contribution >= 4 is 10.0 Å². The van der Waals surface area contributed by atoms with Gasteiger partial charge in [0.15, 0.2) is 0 Å². The highest BCUT2D eigenvalue weighted by atomic mass is 32.2. The van der Waals surface area contributed by atoms with Gasteiger partial charge in [-0.1, -0.05) is 6.92 Å². The summed E-state index contributed by atoms with van der Waals surface area (Å²) in [6, 6.07) is 1.71. The molecule has 0 atom stereocenters. The molecule has 7 heteroatoms. The van der Waals surface area contributed by atoms with E-state index in [-0.39, 0.29) is 6.10 Å². The first-order valence-electron chi connectivity index (χ1n) is 7.57. The molecule has 6 nitrogen and oxygen atoms in total. The fourth-order valence-electron chi connectivity index (χ4n) is 2.55. The number of hydrogen-bond donors (Lipinski definition) is 2. The van der Waals surface area contributed by atoms with Gasteiger partial charge in [0.25, 0.3) is 0 Å². The van der Waals surface area contributed by atoms with E-state index in [2.05, 4.69) is 10.3 Å². The predicted octanol–water partition coefficient (Wildman–Crippen LogP) is 1.31. The molecule has 0 aromatic carbocycles. The molecular formula is C14H25N3O3S. The Balaban J connectivity index is 2.00. The second-order valence-electron chi connectivity index (χ2n) is 5.20. The van der Waals surface area contributed by atoms with Gasteiger partial charge in [-0.15, -0.1) is 0 Å². The highest BCUT2D eigenvalue weighted by Crippen LogP contribution is 2.22. The summed E-state index contributed by atoms with van der Waals surface area (Å²) in [7, 11) is -3.39. The minimum Gasteiger partial charge on any atom is -0.378 e. The second kappa shape index (κ2) is 7.40. The summed E-state index contributed by atoms with van der Waals surface area (Å²) < 4.78 is 32.3. The van der Waals surface area contributed by atoms with Gasteiger partial charge in [0.2, 0.25) is 10.0 Å². The zero-order valence-electron chi connectivity index (χ0n) is 12.8. The first-order valence-corrected chi connectivity index (χ1v) is 9.01. The number of ether oxygens (including phenoxy) is 1. The van der Waals surface area contributed by atoms with Crippen molar-refractivity contribution in [2.75, 3.05) is 26.2 Å². The van der Waals surface area contributed by atoms with Crippen molar-refractivity contribution in [3.05, 3.63) is 18.0 Å². The average molecular weight is 315 g/mol. The van der Waals surface area contributed by atoms with E-state index in [1.54, 1.807) is 16.6 Å². The van der Waals surface area contributed by atoms with Crippen LogP contribution in [0.3, 0.4) is 0 Å². The summed E-state index contributed by atoms with van der Waals surface area (Å²) in [6.45, 7) is 7.23. The van der Waals surface area contributed by atoms with Crippen LogP contribution in [0.2, 0.25) is 0 Å². The minimum atomic E-state index is -3.39. The maximum absolute atomic E-state index is 12.6. The molecule has 2 N–H and O–H groups in total. The molecule has 2 heterocycles. The van der Waals surface area contributed by atoms with Crippen LogP contribution in [0.4, 0.5) is 0 Å². The molecule has 0 radical (unpaired) electrons. The largest absolute Gasteiger partial charge is 0.378 e. The van der Waals surface area contributed by atoms with Crippen LogP contribution < -0.4 is 5.32 Å². The number of nitrogens with one attached hydrogen (secondary N) is 2. The highest BCUT2D eigenvalue weighted by Gasteiger charge is 2.30. The maximum Gasteiger partial charge on any atom is 0.244 e. The molecule has 0 saturated carbocycles. The lowest BCUT2D eigenvalue weighted by atomic mass is 10.1. The van der Waals surface area contributed by atoms with Crippen LogP contribution in [0.1, 0.15) is 32.4 Å². The molecule has 1 aromatic heterocycles. The molecule has 1 saturated heterocycles. The molecule has 0 spiro atoms. The fourth-order valence-corrected chi connectivity index (χ4v) is 4.04. The summed E-state index contributed by atoms with van der Waals surface area (Å²) >= 11 is 0. The number of H-pyrrole nitrogens is 1. The molecule has 0 aliphatic carbocycles. The van der Waals surface area contributed by atoms with E-state index in [9.17, 15) is 8.42 Å². The molecule has 0 bridgehead atoms. The average Bonchev–Trinajstić information content (AvgIpc) is 2.96. The Morgan fingerprint density at radius 2 is 2.10 bits per heavy atom. The summed E-state index contributed by atoms with van der Waals surface area (Å²) in [6.07, 6.45) is 3.30. The Hall–Kier alpha value is -0.890. The zero-order valence-corrected chi connectivity index (χ0v) is 13.6. The Kier molecular flexibility index (Phi) is 5.80. The monoisotopic (exact) mass is 315 g/mol. The minimum absolute atomic E-state index is 0.192. The van der Waals surface area contributed by atoms with E-state index in [1.165, 1.54) is 0 Å². The lowest BCUT2D eigenvalue weighted by Crippen LogP contribution is -2.40. The Morgan fingerprint density at radius 1 is 1.38 bits per heavy atom. The molecule has 120 valence electrons. The Bertz CT molecular complexity index is 533. The summed E-state index contributed by atoms with van der Waals surface area (Å²) in [5.41, 5.74) is 0.889. The number of aromatic amines is 1. The van der Waals surface area contributed by atoms with E-state index in [0.717, 1.165) is 25.1 Å². The third-order valence-electron chi connectivity index (χ3n) is 3.72. The van der Waals surface area contributed by atoms with E-state index in [0.29, 0.717) is 31.1 Å². The van der Waals surface area contributed by atoms with Gasteiger partial charge in [0.1, 0.15) is 0 Å². The van der Waals surface area contributed by atoms with Gasteiger partial charge in [-0.2, -0.15) is 4.31 Å². The summed E-state index contributed by atoms with van der Waals surface area (Å²) in [5, 5.41) is 3.17. The summed E-state index contributed by atoms with van der Waals surface area (Å²) in [4.78, 5) is 3.37. The predicted molar refractivity (Wildman–Crippen MR) is 81.6 cm³/mol. The molecule has 1 fully saturated rings. The van der Waals surface area contributed by atoms with Crippen LogP contribution in [-0.2, 0) is 21.3 Å². The maximum atomic E-state index is 12.6. The number of aromatic nitrogens is 1. The van der Waals surface area contributed by atoms with Crippen molar-refractivity contribution in [1.82, 2.24) is 14.6 Å². The first-order chi connectivity index (χ1) is 10.1. The zero-order chi connectivity index (χ0) is 15.3. The standard InChI is InChI=1S/C14H25N3O3S/c1-3-15-10-12-9-14(11-16-12)21(18,19)17-7-5-13(6-8-17)20-4-2/h9,11,13,15-16H,3-8,10H2,1-2H3. The normalized spacial score (nSPS) is 18.2. The molecule has 1 aromatic rings. The fraction of sp³-hybridized carbons (Fsp3) is 0.714. The van der Waals surface area contributed by atoms with Crippen molar-refractivity contribution in [2.45, 2.75) is 44.2 Å². The van der Waals surface area contributed by atoms with Crippen molar-refractivity contribution < 1.29 is 13.2 Å². The van der Waals surface area contributed by atoms with Crippen LogP contribution in [0.15, 0.2) is 17.2 Å². The van der Waals surface area contributed by atoms with Gasteiger partial charge in [-0.3, -0.25) is 0 Å². The van der Waals surface area contributed by atoms with Gasteiger partial charge in [-0.05, 0) is 32.4 Å². The van der Waals surface area contributed by atoms with E-state index in [4.69, 9.17) is 4.74 Å². The third kappa shape index (κ3) is 4.06. The van der Waals surface area contributed by atoms with Gasteiger partial charge in [0.05, 0.1) is 11.0 Å². The number of sulfonamides is 1. The van der Waals surface area contributed by atoms with E-state index < -0.39 is 10.0 Å². The molecule has 0 unspecified atom stereocenters. The van der Waals surface area contributed by atoms with Crippen molar-refractivity contribution in [1.29, 1.82) is 0 Å². The lowest BCUT2D eigenvalue weighted by molar-refractivity contribution is 0.0290. The van der Waals surface area contributed by atoms with Crippen molar-refractivity contribution in [2.24, 2.45) is 0 Å². The number of hydrogen-bond acceptors (Lipinski definition) is 4. The molecule has 0 amide bonds. The molecule has 21 heavy (non-hydrogen) atoms. The number of piperidine rings is 1. The molecule has 1 aliphatic rings. The van der Waals surface area contributed by atoms with Crippen LogP contribution in [0.25, 0.3) is 0 Å².